The van der Waals surface area contributed by atoms with Crippen molar-refractivity contribution in [1.82, 2.24) is 20.1 Å². The van der Waals surface area contributed by atoms with Gasteiger partial charge in [0.05, 0.1) is 6.54 Å². The van der Waals surface area contributed by atoms with E-state index < -0.39 is 0 Å². The number of aromatic hydroxyl groups is 1. The molecule has 0 saturated heterocycles. The Kier molecular flexibility index (Phi) is 3.62. The standard InChI is InChI=1S/C13H18N4O/c1-9-4-5-11(12(18)6-9)10(2)14-7-13-15-8-17(3)16-13/h4-6,8,10,14,18H,7H2,1-3H3. The number of nitrogens with zero attached hydrogens (tertiary/aromatic N) is 3. The second-order valence-corrected chi connectivity index (χ2v) is 4.50. The molecule has 0 amide bonds. The molecule has 1 aromatic carbocycles. The molecule has 5 heteroatoms. The average Bonchev–Trinajstić information content (AvgIpc) is 2.72. The van der Waals surface area contributed by atoms with Crippen LogP contribution in [0.5, 0.6) is 5.75 Å². The number of benzene rings is 1. The summed E-state index contributed by atoms with van der Waals surface area (Å²) in [6.07, 6.45) is 1.67. The van der Waals surface area contributed by atoms with Crippen molar-refractivity contribution in [3.8, 4) is 5.75 Å². The summed E-state index contributed by atoms with van der Waals surface area (Å²) in [6.45, 7) is 4.54. The molecule has 5 nitrogen and oxygen atoms in total. The van der Waals surface area contributed by atoms with E-state index in [-0.39, 0.29) is 6.04 Å². The summed E-state index contributed by atoms with van der Waals surface area (Å²) in [5.74, 6) is 1.07. The molecule has 0 fully saturated rings. The molecule has 0 aliphatic rings. The Balaban J connectivity index is 2.01. The summed E-state index contributed by atoms with van der Waals surface area (Å²) in [7, 11) is 1.84. The molecule has 0 bridgehead atoms. The fourth-order valence-corrected chi connectivity index (χ4v) is 1.84. The highest BCUT2D eigenvalue weighted by Crippen LogP contribution is 2.24. The number of rotatable bonds is 4. The Morgan fingerprint density at radius 3 is 2.83 bits per heavy atom. The lowest BCUT2D eigenvalue weighted by Crippen LogP contribution is -2.19. The normalized spacial score (nSPS) is 12.6. The smallest absolute Gasteiger partial charge is 0.164 e. The van der Waals surface area contributed by atoms with Crippen LogP contribution in [-0.4, -0.2) is 19.9 Å². The Labute approximate surface area is 106 Å². The van der Waals surface area contributed by atoms with Crippen molar-refractivity contribution in [2.24, 2.45) is 7.05 Å². The van der Waals surface area contributed by atoms with Gasteiger partial charge in [0, 0.05) is 18.7 Å². The van der Waals surface area contributed by atoms with Gasteiger partial charge < -0.3 is 10.4 Å². The number of hydrogen-bond donors (Lipinski definition) is 2. The third-order valence-electron chi connectivity index (χ3n) is 2.87. The highest BCUT2D eigenvalue weighted by molar-refractivity contribution is 5.37. The van der Waals surface area contributed by atoms with E-state index in [1.54, 1.807) is 17.1 Å². The molecule has 0 aliphatic carbocycles. The molecule has 0 spiro atoms. The number of nitrogens with one attached hydrogen (secondary N) is 1. The van der Waals surface area contributed by atoms with E-state index in [0.717, 1.165) is 17.0 Å². The molecule has 2 N–H and O–H groups in total. The van der Waals surface area contributed by atoms with Crippen molar-refractivity contribution in [1.29, 1.82) is 0 Å². The lowest BCUT2D eigenvalue weighted by Gasteiger charge is -2.14. The Hall–Kier alpha value is -1.88. The van der Waals surface area contributed by atoms with Crippen molar-refractivity contribution in [2.45, 2.75) is 26.4 Å². The molecule has 96 valence electrons. The van der Waals surface area contributed by atoms with E-state index in [2.05, 4.69) is 15.4 Å². The van der Waals surface area contributed by atoms with Crippen LogP contribution in [0, 0.1) is 6.92 Å². The highest BCUT2D eigenvalue weighted by atomic mass is 16.3. The maximum atomic E-state index is 9.89. The second kappa shape index (κ2) is 5.18. The van der Waals surface area contributed by atoms with Crippen LogP contribution >= 0.6 is 0 Å². The van der Waals surface area contributed by atoms with Gasteiger partial charge in [0.1, 0.15) is 12.1 Å². The number of hydrogen-bond acceptors (Lipinski definition) is 4. The first-order valence-corrected chi connectivity index (χ1v) is 5.93. The number of phenols is 1. The first-order chi connectivity index (χ1) is 8.56. The fourth-order valence-electron chi connectivity index (χ4n) is 1.84. The molecule has 1 aromatic heterocycles. The van der Waals surface area contributed by atoms with E-state index in [1.165, 1.54) is 0 Å². The van der Waals surface area contributed by atoms with Crippen LogP contribution in [0.15, 0.2) is 24.5 Å². The second-order valence-electron chi connectivity index (χ2n) is 4.50. The van der Waals surface area contributed by atoms with Crippen LogP contribution in [0.25, 0.3) is 0 Å². The van der Waals surface area contributed by atoms with Gasteiger partial charge in [-0.3, -0.25) is 4.68 Å². The van der Waals surface area contributed by atoms with Crippen molar-refractivity contribution in [3.63, 3.8) is 0 Å². The first-order valence-electron chi connectivity index (χ1n) is 5.93. The molecule has 1 unspecified atom stereocenters. The molecular weight excluding hydrogens is 228 g/mol. The van der Waals surface area contributed by atoms with E-state index in [4.69, 9.17) is 0 Å². The van der Waals surface area contributed by atoms with Gasteiger partial charge in [-0.25, -0.2) is 4.98 Å². The summed E-state index contributed by atoms with van der Waals surface area (Å²) in [4.78, 5) is 4.14. The van der Waals surface area contributed by atoms with Crippen molar-refractivity contribution >= 4 is 0 Å². The first kappa shape index (κ1) is 12.6. The van der Waals surface area contributed by atoms with Crippen LogP contribution in [0.3, 0.4) is 0 Å². The van der Waals surface area contributed by atoms with Gasteiger partial charge in [0.25, 0.3) is 0 Å². The fraction of sp³-hybridized carbons (Fsp3) is 0.385. The third kappa shape index (κ3) is 2.87. The third-order valence-corrected chi connectivity index (χ3v) is 2.87. The van der Waals surface area contributed by atoms with Crippen molar-refractivity contribution < 1.29 is 5.11 Å². The Morgan fingerprint density at radius 1 is 1.44 bits per heavy atom. The largest absolute Gasteiger partial charge is 0.508 e. The van der Waals surface area contributed by atoms with E-state index in [1.807, 2.05) is 33.0 Å². The molecule has 2 rings (SSSR count). The average molecular weight is 246 g/mol. The molecule has 1 atom stereocenters. The zero-order valence-corrected chi connectivity index (χ0v) is 10.9. The van der Waals surface area contributed by atoms with Crippen LogP contribution in [-0.2, 0) is 13.6 Å². The summed E-state index contributed by atoms with van der Waals surface area (Å²) < 4.78 is 1.67. The Bertz CT molecular complexity index is 536. The van der Waals surface area contributed by atoms with Crippen molar-refractivity contribution in [3.05, 3.63) is 41.5 Å². The van der Waals surface area contributed by atoms with Crippen LogP contribution in [0.2, 0.25) is 0 Å². The Morgan fingerprint density at radius 2 is 2.22 bits per heavy atom. The van der Waals surface area contributed by atoms with Gasteiger partial charge >= 0.3 is 0 Å². The monoisotopic (exact) mass is 246 g/mol. The zero-order valence-electron chi connectivity index (χ0n) is 10.9. The quantitative estimate of drug-likeness (QED) is 0.861. The van der Waals surface area contributed by atoms with E-state index in [9.17, 15) is 5.11 Å². The lowest BCUT2D eigenvalue weighted by molar-refractivity contribution is 0.450. The number of aryl methyl sites for hydroxylation is 2. The van der Waals surface area contributed by atoms with Gasteiger partial charge in [-0.05, 0) is 25.5 Å². The SMILES string of the molecule is Cc1ccc(C(C)NCc2ncn(C)n2)c(O)c1. The highest BCUT2D eigenvalue weighted by Gasteiger charge is 2.10. The minimum absolute atomic E-state index is 0.0504. The zero-order chi connectivity index (χ0) is 13.1. The van der Waals surface area contributed by atoms with E-state index in [0.29, 0.717) is 12.3 Å². The summed E-state index contributed by atoms with van der Waals surface area (Å²) in [6, 6.07) is 5.75. The lowest BCUT2D eigenvalue weighted by atomic mass is 10.1. The predicted octanol–water partition coefficient (Wildman–Crippen LogP) is 1.68. The summed E-state index contributed by atoms with van der Waals surface area (Å²) in [5.41, 5.74) is 1.94. The molecular formula is C13H18N4O. The predicted molar refractivity (Wildman–Crippen MR) is 69.1 cm³/mol. The molecule has 1 heterocycles. The molecule has 0 radical (unpaired) electrons. The molecule has 0 saturated carbocycles. The van der Waals surface area contributed by atoms with Crippen molar-refractivity contribution in [2.75, 3.05) is 0 Å². The summed E-state index contributed by atoms with van der Waals surface area (Å²) in [5, 5.41) is 17.4. The van der Waals surface area contributed by atoms with Crippen LogP contribution in [0.1, 0.15) is 29.9 Å². The number of aromatic nitrogens is 3. The molecule has 18 heavy (non-hydrogen) atoms. The minimum atomic E-state index is 0.0504. The minimum Gasteiger partial charge on any atom is -0.508 e. The molecule has 0 aliphatic heterocycles. The molecule has 2 aromatic rings. The van der Waals surface area contributed by atoms with E-state index >= 15 is 0 Å². The maximum absolute atomic E-state index is 9.89. The summed E-state index contributed by atoms with van der Waals surface area (Å²) >= 11 is 0. The van der Waals surface area contributed by atoms with Gasteiger partial charge in [0.2, 0.25) is 0 Å². The maximum Gasteiger partial charge on any atom is 0.164 e. The number of phenolic OH excluding ortho intramolecular Hbond substituents is 1. The van der Waals surface area contributed by atoms with Gasteiger partial charge in [-0.2, -0.15) is 5.10 Å². The van der Waals surface area contributed by atoms with Crippen LogP contribution < -0.4 is 5.32 Å². The van der Waals surface area contributed by atoms with Gasteiger partial charge in [-0.15, -0.1) is 0 Å². The van der Waals surface area contributed by atoms with Gasteiger partial charge in [-0.1, -0.05) is 12.1 Å². The van der Waals surface area contributed by atoms with Gasteiger partial charge in [0.15, 0.2) is 5.82 Å². The topological polar surface area (TPSA) is 63.0 Å². The van der Waals surface area contributed by atoms with Crippen LogP contribution in [0.4, 0.5) is 0 Å².